The van der Waals surface area contributed by atoms with Crippen LogP contribution in [-0.4, -0.2) is 37.0 Å². The average molecular weight is 302 g/mol. The van der Waals surface area contributed by atoms with E-state index in [-0.39, 0.29) is 17.9 Å². The summed E-state index contributed by atoms with van der Waals surface area (Å²) in [5.74, 6) is -0.900. The highest BCUT2D eigenvalue weighted by atomic mass is 19.4. The van der Waals surface area contributed by atoms with E-state index < -0.39 is 17.6 Å². The predicted molar refractivity (Wildman–Crippen MR) is 71.1 cm³/mol. The van der Waals surface area contributed by atoms with Gasteiger partial charge in [0, 0.05) is 12.1 Å². The fourth-order valence-electron chi connectivity index (χ4n) is 2.29. The molecule has 4 nitrogen and oxygen atoms in total. The fraction of sp³-hybridized carbons (Fsp3) is 0.500. The van der Waals surface area contributed by atoms with Crippen molar-refractivity contribution in [3.8, 4) is 5.75 Å². The largest absolute Gasteiger partial charge is 0.492 e. The maximum Gasteiger partial charge on any atom is 0.416 e. The highest BCUT2D eigenvalue weighted by molar-refractivity contribution is 5.93. The third-order valence-electron chi connectivity index (χ3n) is 3.39. The van der Waals surface area contributed by atoms with Gasteiger partial charge in [-0.2, -0.15) is 13.2 Å². The first-order valence-electron chi connectivity index (χ1n) is 6.73. The van der Waals surface area contributed by atoms with E-state index in [4.69, 9.17) is 10.5 Å². The van der Waals surface area contributed by atoms with Gasteiger partial charge in [0.2, 0.25) is 5.91 Å². The minimum atomic E-state index is -4.54. The summed E-state index contributed by atoms with van der Waals surface area (Å²) in [4.78, 5) is 13.3. The molecule has 0 radical (unpaired) electrons. The van der Waals surface area contributed by atoms with Gasteiger partial charge >= 0.3 is 6.18 Å². The van der Waals surface area contributed by atoms with Crippen molar-refractivity contribution in [3.63, 3.8) is 0 Å². The van der Waals surface area contributed by atoms with Crippen LogP contribution in [0.1, 0.15) is 28.8 Å². The van der Waals surface area contributed by atoms with Gasteiger partial charge < -0.3 is 10.5 Å². The summed E-state index contributed by atoms with van der Waals surface area (Å²) in [5, 5.41) is 0. The number of primary amides is 1. The molecule has 0 unspecified atom stereocenters. The zero-order valence-corrected chi connectivity index (χ0v) is 11.4. The van der Waals surface area contributed by atoms with E-state index in [1.165, 1.54) is 6.07 Å². The number of likely N-dealkylation sites (tertiary alicyclic amines) is 1. The lowest BCUT2D eigenvalue weighted by Crippen LogP contribution is -2.25. The number of hydrogen-bond acceptors (Lipinski definition) is 3. The molecule has 116 valence electrons. The van der Waals surface area contributed by atoms with E-state index in [0.717, 1.165) is 38.1 Å². The zero-order chi connectivity index (χ0) is 15.5. The number of ether oxygens (including phenoxy) is 1. The molecule has 0 atom stereocenters. The highest BCUT2D eigenvalue weighted by Crippen LogP contribution is 2.32. The number of benzene rings is 1. The van der Waals surface area contributed by atoms with E-state index in [1.54, 1.807) is 0 Å². The summed E-state index contributed by atoms with van der Waals surface area (Å²) in [6.45, 7) is 2.90. The molecule has 0 aliphatic carbocycles. The smallest absolute Gasteiger partial charge is 0.416 e. The van der Waals surface area contributed by atoms with E-state index in [0.29, 0.717) is 6.54 Å². The van der Waals surface area contributed by atoms with Crippen molar-refractivity contribution in [1.82, 2.24) is 4.90 Å². The number of rotatable bonds is 5. The van der Waals surface area contributed by atoms with Gasteiger partial charge in [-0.15, -0.1) is 0 Å². The van der Waals surface area contributed by atoms with Crippen LogP contribution in [0.5, 0.6) is 5.75 Å². The van der Waals surface area contributed by atoms with E-state index >= 15 is 0 Å². The van der Waals surface area contributed by atoms with Crippen molar-refractivity contribution in [2.45, 2.75) is 19.0 Å². The minimum absolute atomic E-state index is 0.0119. The molecule has 1 heterocycles. The van der Waals surface area contributed by atoms with Crippen LogP contribution in [0.2, 0.25) is 0 Å². The van der Waals surface area contributed by atoms with Crippen LogP contribution in [0, 0.1) is 0 Å². The van der Waals surface area contributed by atoms with Gasteiger partial charge in [-0.3, -0.25) is 9.69 Å². The van der Waals surface area contributed by atoms with Crippen LogP contribution in [0.15, 0.2) is 18.2 Å². The third-order valence-corrected chi connectivity index (χ3v) is 3.39. The molecular weight excluding hydrogens is 285 g/mol. The van der Waals surface area contributed by atoms with Gasteiger partial charge in [0.05, 0.1) is 5.56 Å². The second-order valence-corrected chi connectivity index (χ2v) is 5.01. The minimum Gasteiger partial charge on any atom is -0.492 e. The molecule has 1 aliphatic rings. The number of halogens is 3. The van der Waals surface area contributed by atoms with Crippen molar-refractivity contribution in [3.05, 3.63) is 29.3 Å². The van der Waals surface area contributed by atoms with Crippen LogP contribution in [0.25, 0.3) is 0 Å². The summed E-state index contributed by atoms with van der Waals surface area (Å²) in [5.41, 5.74) is 3.91. The third kappa shape index (κ3) is 4.35. The van der Waals surface area contributed by atoms with Gasteiger partial charge in [0.25, 0.3) is 0 Å². The Morgan fingerprint density at radius 3 is 2.48 bits per heavy atom. The van der Waals surface area contributed by atoms with Crippen molar-refractivity contribution >= 4 is 5.91 Å². The Labute approximate surface area is 120 Å². The van der Waals surface area contributed by atoms with Gasteiger partial charge in [-0.25, -0.2) is 0 Å². The SMILES string of the molecule is NC(=O)c1cc(OCCN2CCCC2)cc(C(F)(F)F)c1. The molecule has 1 amide bonds. The normalized spacial score (nSPS) is 16.1. The second kappa shape index (κ2) is 6.34. The molecule has 0 spiro atoms. The lowest BCUT2D eigenvalue weighted by Gasteiger charge is -2.16. The van der Waals surface area contributed by atoms with Gasteiger partial charge in [-0.1, -0.05) is 0 Å². The van der Waals surface area contributed by atoms with E-state index in [2.05, 4.69) is 4.90 Å². The Balaban J connectivity index is 2.06. The number of amides is 1. The maximum atomic E-state index is 12.8. The first-order valence-corrected chi connectivity index (χ1v) is 6.73. The van der Waals surface area contributed by atoms with Crippen LogP contribution in [-0.2, 0) is 6.18 Å². The summed E-state index contributed by atoms with van der Waals surface area (Å²) >= 11 is 0. The number of carbonyl (C=O) groups is 1. The lowest BCUT2D eigenvalue weighted by atomic mass is 10.1. The molecule has 1 fully saturated rings. The number of alkyl halides is 3. The maximum absolute atomic E-state index is 12.8. The monoisotopic (exact) mass is 302 g/mol. The standard InChI is InChI=1S/C14H17F3N2O2/c15-14(16,17)11-7-10(13(18)20)8-12(9-11)21-6-5-19-3-1-2-4-19/h7-9H,1-6H2,(H2,18,20). The molecule has 1 saturated heterocycles. The Hall–Kier alpha value is -1.76. The van der Waals surface area contributed by atoms with Crippen LogP contribution < -0.4 is 10.5 Å². The highest BCUT2D eigenvalue weighted by Gasteiger charge is 2.32. The molecular formula is C14H17F3N2O2. The second-order valence-electron chi connectivity index (χ2n) is 5.01. The molecule has 7 heteroatoms. The van der Waals surface area contributed by atoms with Gasteiger partial charge in [0.1, 0.15) is 12.4 Å². The van der Waals surface area contributed by atoms with Crippen LogP contribution in [0.3, 0.4) is 0 Å². The summed E-state index contributed by atoms with van der Waals surface area (Å²) in [6.07, 6.45) is -2.27. The van der Waals surface area contributed by atoms with E-state index in [9.17, 15) is 18.0 Å². The summed E-state index contributed by atoms with van der Waals surface area (Å²) in [6, 6.07) is 2.85. The zero-order valence-electron chi connectivity index (χ0n) is 11.4. The van der Waals surface area contributed by atoms with E-state index in [1.807, 2.05) is 0 Å². The molecule has 0 bridgehead atoms. The summed E-state index contributed by atoms with van der Waals surface area (Å²) < 4.78 is 43.6. The van der Waals surface area contributed by atoms with Crippen molar-refractivity contribution in [1.29, 1.82) is 0 Å². The Kier molecular flexibility index (Phi) is 4.72. The fourth-order valence-corrected chi connectivity index (χ4v) is 2.29. The summed E-state index contributed by atoms with van der Waals surface area (Å²) in [7, 11) is 0. The molecule has 2 N–H and O–H groups in total. The molecule has 1 aromatic rings. The average Bonchev–Trinajstić information content (AvgIpc) is 2.90. The first kappa shape index (κ1) is 15.6. The molecule has 1 aromatic carbocycles. The number of hydrogen-bond donors (Lipinski definition) is 1. The quantitative estimate of drug-likeness (QED) is 0.908. The molecule has 0 saturated carbocycles. The van der Waals surface area contributed by atoms with Gasteiger partial charge in [-0.05, 0) is 44.1 Å². The number of carbonyl (C=O) groups excluding carboxylic acids is 1. The number of nitrogens with zero attached hydrogens (tertiary/aromatic N) is 1. The number of nitrogens with two attached hydrogens (primary N) is 1. The Morgan fingerprint density at radius 1 is 1.24 bits per heavy atom. The van der Waals surface area contributed by atoms with Crippen molar-refractivity contribution in [2.24, 2.45) is 5.73 Å². The van der Waals surface area contributed by atoms with Gasteiger partial charge in [0.15, 0.2) is 0 Å². The molecule has 2 rings (SSSR count). The van der Waals surface area contributed by atoms with Crippen LogP contribution in [0.4, 0.5) is 13.2 Å². The Bertz CT molecular complexity index is 511. The Morgan fingerprint density at radius 2 is 1.90 bits per heavy atom. The van der Waals surface area contributed by atoms with Crippen LogP contribution >= 0.6 is 0 Å². The topological polar surface area (TPSA) is 55.6 Å². The molecule has 1 aliphatic heterocycles. The molecule has 0 aromatic heterocycles. The predicted octanol–water partition coefficient (Wildman–Crippen LogP) is 2.28. The van der Waals surface area contributed by atoms with Crippen molar-refractivity contribution < 1.29 is 22.7 Å². The lowest BCUT2D eigenvalue weighted by molar-refractivity contribution is -0.137. The molecule has 21 heavy (non-hydrogen) atoms. The first-order chi connectivity index (χ1) is 9.86. The van der Waals surface area contributed by atoms with Crippen molar-refractivity contribution in [2.75, 3.05) is 26.2 Å².